The second-order valence-electron chi connectivity index (χ2n) is 4.62. The first-order chi connectivity index (χ1) is 7.74. The van der Waals surface area contributed by atoms with E-state index in [2.05, 4.69) is 18.7 Å². The molecule has 0 saturated carbocycles. The van der Waals surface area contributed by atoms with Crippen molar-refractivity contribution in [2.45, 2.75) is 65.4 Å². The molecule has 0 aliphatic carbocycles. The first-order valence-corrected chi connectivity index (χ1v) is 6.75. The van der Waals surface area contributed by atoms with Crippen molar-refractivity contribution in [1.82, 2.24) is 4.90 Å². The van der Waals surface area contributed by atoms with Crippen LogP contribution in [-0.2, 0) is 9.47 Å². The molecule has 0 radical (unpaired) electrons. The number of unbranched alkanes of at least 4 members (excludes halogenated alkanes) is 1. The maximum absolute atomic E-state index is 5.84. The summed E-state index contributed by atoms with van der Waals surface area (Å²) in [4.78, 5) is 2.41. The standard InChI is InChI=1S/C13H27NO2/c1-4-5-11-15-13(3)16-12(2)14-9-7-6-8-10-14/h12-13H,4-11H2,1-3H3. The highest BCUT2D eigenvalue weighted by atomic mass is 16.7. The van der Waals surface area contributed by atoms with Crippen LogP contribution in [0.3, 0.4) is 0 Å². The average molecular weight is 229 g/mol. The van der Waals surface area contributed by atoms with E-state index in [1.54, 1.807) is 0 Å². The predicted molar refractivity (Wildman–Crippen MR) is 66.3 cm³/mol. The maximum Gasteiger partial charge on any atom is 0.156 e. The molecule has 0 spiro atoms. The Morgan fingerprint density at radius 1 is 1.12 bits per heavy atom. The van der Waals surface area contributed by atoms with Crippen molar-refractivity contribution < 1.29 is 9.47 Å². The van der Waals surface area contributed by atoms with Crippen LogP contribution in [0.2, 0.25) is 0 Å². The van der Waals surface area contributed by atoms with Gasteiger partial charge in [0.2, 0.25) is 0 Å². The molecule has 1 saturated heterocycles. The molecule has 96 valence electrons. The van der Waals surface area contributed by atoms with Crippen molar-refractivity contribution >= 4 is 0 Å². The van der Waals surface area contributed by atoms with Crippen molar-refractivity contribution in [3.8, 4) is 0 Å². The Kier molecular flexibility index (Phi) is 7.01. The van der Waals surface area contributed by atoms with Crippen LogP contribution < -0.4 is 0 Å². The average Bonchev–Trinajstić information content (AvgIpc) is 2.30. The van der Waals surface area contributed by atoms with Gasteiger partial charge in [-0.2, -0.15) is 0 Å². The number of likely N-dealkylation sites (tertiary alicyclic amines) is 1. The zero-order valence-electron chi connectivity index (χ0n) is 11.1. The summed E-state index contributed by atoms with van der Waals surface area (Å²) in [6.07, 6.45) is 6.38. The van der Waals surface area contributed by atoms with Gasteiger partial charge in [-0.25, -0.2) is 0 Å². The van der Waals surface area contributed by atoms with Gasteiger partial charge < -0.3 is 9.47 Å². The molecule has 0 aromatic heterocycles. The lowest BCUT2D eigenvalue weighted by molar-refractivity contribution is -0.194. The van der Waals surface area contributed by atoms with Crippen molar-refractivity contribution in [2.24, 2.45) is 0 Å². The first kappa shape index (κ1) is 13.9. The number of piperidine rings is 1. The Balaban J connectivity index is 2.13. The quantitative estimate of drug-likeness (QED) is 0.495. The molecular formula is C13H27NO2. The normalized spacial score (nSPS) is 21.9. The Morgan fingerprint density at radius 2 is 1.81 bits per heavy atom. The van der Waals surface area contributed by atoms with Gasteiger partial charge in [-0.05, 0) is 33.1 Å². The van der Waals surface area contributed by atoms with Crippen LogP contribution in [0.5, 0.6) is 0 Å². The van der Waals surface area contributed by atoms with E-state index in [0.29, 0.717) is 0 Å². The van der Waals surface area contributed by atoms with Gasteiger partial charge in [-0.1, -0.05) is 19.8 Å². The Hall–Kier alpha value is -0.120. The molecule has 0 aromatic rings. The van der Waals surface area contributed by atoms with Crippen LogP contribution in [0, 0.1) is 0 Å². The van der Waals surface area contributed by atoms with Crippen molar-refractivity contribution in [2.75, 3.05) is 19.7 Å². The molecule has 1 heterocycles. The van der Waals surface area contributed by atoms with Gasteiger partial charge in [0, 0.05) is 19.7 Å². The molecule has 0 aromatic carbocycles. The largest absolute Gasteiger partial charge is 0.353 e. The van der Waals surface area contributed by atoms with Crippen molar-refractivity contribution in [3.63, 3.8) is 0 Å². The summed E-state index contributed by atoms with van der Waals surface area (Å²) in [5, 5.41) is 0. The summed E-state index contributed by atoms with van der Waals surface area (Å²) in [7, 11) is 0. The molecule has 1 aliphatic rings. The number of ether oxygens (including phenoxy) is 2. The van der Waals surface area contributed by atoms with Gasteiger partial charge in [0.1, 0.15) is 6.23 Å². The van der Waals surface area contributed by atoms with Crippen LogP contribution >= 0.6 is 0 Å². The summed E-state index contributed by atoms with van der Waals surface area (Å²) in [5.41, 5.74) is 0. The fourth-order valence-corrected chi connectivity index (χ4v) is 2.08. The molecule has 2 atom stereocenters. The van der Waals surface area contributed by atoms with E-state index >= 15 is 0 Å². The van der Waals surface area contributed by atoms with Gasteiger partial charge in [-0.3, -0.25) is 4.90 Å². The van der Waals surface area contributed by atoms with E-state index in [4.69, 9.17) is 9.47 Å². The molecule has 0 bridgehead atoms. The SMILES string of the molecule is CCCCOC(C)OC(C)N1CCCCC1. The highest BCUT2D eigenvalue weighted by Gasteiger charge is 2.18. The van der Waals surface area contributed by atoms with Crippen LogP contribution in [0.4, 0.5) is 0 Å². The van der Waals surface area contributed by atoms with Gasteiger partial charge >= 0.3 is 0 Å². The van der Waals surface area contributed by atoms with Crippen LogP contribution in [-0.4, -0.2) is 37.1 Å². The summed E-state index contributed by atoms with van der Waals surface area (Å²) < 4.78 is 11.4. The summed E-state index contributed by atoms with van der Waals surface area (Å²) in [5.74, 6) is 0. The molecular weight excluding hydrogens is 202 g/mol. The predicted octanol–water partition coefficient (Wildman–Crippen LogP) is 3.00. The third-order valence-electron chi connectivity index (χ3n) is 3.14. The molecule has 3 nitrogen and oxygen atoms in total. The maximum atomic E-state index is 5.84. The zero-order chi connectivity index (χ0) is 11.8. The van der Waals surface area contributed by atoms with Crippen molar-refractivity contribution in [3.05, 3.63) is 0 Å². The highest BCUT2D eigenvalue weighted by Crippen LogP contribution is 2.14. The minimum atomic E-state index is -0.0801. The Labute approximate surface area is 100 Å². The smallest absolute Gasteiger partial charge is 0.156 e. The van der Waals surface area contributed by atoms with Crippen LogP contribution in [0.25, 0.3) is 0 Å². The number of hydrogen-bond acceptors (Lipinski definition) is 3. The lowest BCUT2D eigenvalue weighted by Gasteiger charge is -2.33. The monoisotopic (exact) mass is 229 g/mol. The Morgan fingerprint density at radius 3 is 2.44 bits per heavy atom. The third-order valence-corrected chi connectivity index (χ3v) is 3.14. The molecule has 1 aliphatic heterocycles. The van der Waals surface area contributed by atoms with Crippen LogP contribution in [0.1, 0.15) is 52.9 Å². The van der Waals surface area contributed by atoms with Gasteiger partial charge in [-0.15, -0.1) is 0 Å². The second kappa shape index (κ2) is 8.04. The number of nitrogens with zero attached hydrogens (tertiary/aromatic N) is 1. The summed E-state index contributed by atoms with van der Waals surface area (Å²) in [6, 6.07) is 0. The van der Waals surface area contributed by atoms with E-state index in [1.165, 1.54) is 38.8 Å². The van der Waals surface area contributed by atoms with Gasteiger partial charge in [0.25, 0.3) is 0 Å². The first-order valence-electron chi connectivity index (χ1n) is 6.75. The summed E-state index contributed by atoms with van der Waals surface area (Å²) >= 11 is 0. The van der Waals surface area contributed by atoms with E-state index < -0.39 is 0 Å². The fourth-order valence-electron chi connectivity index (χ4n) is 2.08. The Bertz CT molecular complexity index is 169. The lowest BCUT2D eigenvalue weighted by Crippen LogP contribution is -2.40. The van der Waals surface area contributed by atoms with E-state index in [9.17, 15) is 0 Å². The van der Waals surface area contributed by atoms with Crippen molar-refractivity contribution in [1.29, 1.82) is 0 Å². The number of rotatable bonds is 7. The molecule has 1 rings (SSSR count). The third kappa shape index (κ3) is 5.28. The van der Waals surface area contributed by atoms with E-state index in [1.807, 2.05) is 6.92 Å². The van der Waals surface area contributed by atoms with Gasteiger partial charge in [0.15, 0.2) is 6.29 Å². The fraction of sp³-hybridized carbons (Fsp3) is 1.00. The molecule has 2 unspecified atom stereocenters. The topological polar surface area (TPSA) is 21.7 Å². The molecule has 3 heteroatoms. The van der Waals surface area contributed by atoms with E-state index in [0.717, 1.165) is 13.0 Å². The molecule has 0 amide bonds. The minimum absolute atomic E-state index is 0.0801. The lowest BCUT2D eigenvalue weighted by atomic mass is 10.1. The second-order valence-corrected chi connectivity index (χ2v) is 4.62. The summed E-state index contributed by atoms with van der Waals surface area (Å²) in [6.45, 7) is 9.45. The zero-order valence-corrected chi connectivity index (χ0v) is 11.1. The van der Waals surface area contributed by atoms with Gasteiger partial charge in [0.05, 0.1) is 0 Å². The highest BCUT2D eigenvalue weighted by molar-refractivity contribution is 4.65. The number of hydrogen-bond donors (Lipinski definition) is 0. The molecule has 1 fully saturated rings. The van der Waals surface area contributed by atoms with Crippen LogP contribution in [0.15, 0.2) is 0 Å². The minimum Gasteiger partial charge on any atom is -0.353 e. The molecule has 16 heavy (non-hydrogen) atoms. The van der Waals surface area contributed by atoms with E-state index in [-0.39, 0.29) is 12.5 Å². The molecule has 0 N–H and O–H groups in total.